The summed E-state index contributed by atoms with van der Waals surface area (Å²) >= 11 is 0. The molecular formula is C10H17F3N2O2. The lowest BCUT2D eigenvalue weighted by Crippen LogP contribution is -2.38. The molecule has 0 aromatic heterocycles. The second kappa shape index (κ2) is 6.20. The molecule has 0 saturated heterocycles. The highest BCUT2D eigenvalue weighted by atomic mass is 19.4. The van der Waals surface area contributed by atoms with Gasteiger partial charge >= 0.3 is 6.18 Å². The number of hydrogen-bond acceptors (Lipinski definition) is 3. The van der Waals surface area contributed by atoms with Gasteiger partial charge in [0.25, 0.3) is 0 Å². The van der Waals surface area contributed by atoms with E-state index in [4.69, 9.17) is 5.11 Å². The molecule has 3 N–H and O–H groups in total. The molecular weight excluding hydrogens is 237 g/mol. The van der Waals surface area contributed by atoms with Gasteiger partial charge in [-0.05, 0) is 25.8 Å². The maximum atomic E-state index is 11.9. The van der Waals surface area contributed by atoms with Gasteiger partial charge in [-0.25, -0.2) is 0 Å². The van der Waals surface area contributed by atoms with Crippen LogP contribution < -0.4 is 10.6 Å². The Morgan fingerprint density at radius 3 is 2.59 bits per heavy atom. The molecule has 0 radical (unpaired) electrons. The van der Waals surface area contributed by atoms with Gasteiger partial charge in [-0.1, -0.05) is 0 Å². The number of carbonyl (C=O) groups excluding carboxylic acids is 1. The number of amides is 1. The molecule has 4 nitrogen and oxygen atoms in total. The first kappa shape index (κ1) is 14.2. The van der Waals surface area contributed by atoms with E-state index < -0.39 is 18.8 Å². The summed E-state index contributed by atoms with van der Waals surface area (Å²) < 4.78 is 35.6. The van der Waals surface area contributed by atoms with Crippen LogP contribution in [0.25, 0.3) is 0 Å². The topological polar surface area (TPSA) is 61.4 Å². The Labute approximate surface area is 97.6 Å². The number of rotatable bonds is 7. The average Bonchev–Trinajstić information content (AvgIpc) is 2.99. The first-order valence-corrected chi connectivity index (χ1v) is 5.64. The molecule has 1 aliphatic rings. The standard InChI is InChI=1S/C10H17F3N2O2/c11-10(12,13)8(16)6-14-5-1-2-9(17)15-7-3-4-7/h7-8,14,16H,1-6H2,(H,15,17). The van der Waals surface area contributed by atoms with Crippen LogP contribution in [-0.2, 0) is 4.79 Å². The molecule has 0 spiro atoms. The maximum absolute atomic E-state index is 11.9. The molecule has 1 aliphatic carbocycles. The van der Waals surface area contributed by atoms with Crippen LogP contribution in [0.3, 0.4) is 0 Å². The van der Waals surface area contributed by atoms with Gasteiger partial charge in [-0.3, -0.25) is 4.79 Å². The second-order valence-corrected chi connectivity index (χ2v) is 4.21. The molecule has 1 fully saturated rings. The fraction of sp³-hybridized carbons (Fsp3) is 0.900. The lowest BCUT2D eigenvalue weighted by atomic mass is 10.2. The van der Waals surface area contributed by atoms with Crippen LogP contribution in [0.1, 0.15) is 25.7 Å². The molecule has 7 heteroatoms. The van der Waals surface area contributed by atoms with Gasteiger partial charge in [0.05, 0.1) is 0 Å². The molecule has 1 unspecified atom stereocenters. The highest BCUT2D eigenvalue weighted by Gasteiger charge is 2.37. The third-order valence-electron chi connectivity index (χ3n) is 2.42. The lowest BCUT2D eigenvalue weighted by molar-refractivity contribution is -0.201. The Morgan fingerprint density at radius 1 is 1.41 bits per heavy atom. The van der Waals surface area contributed by atoms with E-state index in [0.29, 0.717) is 18.9 Å². The summed E-state index contributed by atoms with van der Waals surface area (Å²) in [6, 6.07) is 0.308. The zero-order valence-electron chi connectivity index (χ0n) is 9.39. The van der Waals surface area contributed by atoms with E-state index in [1.807, 2.05) is 0 Å². The maximum Gasteiger partial charge on any atom is 0.415 e. The predicted octanol–water partition coefficient (Wildman–Crippen LogP) is 0.558. The number of nitrogens with one attached hydrogen (secondary N) is 2. The Bertz CT molecular complexity index is 254. The number of aliphatic hydroxyl groups is 1. The van der Waals surface area contributed by atoms with E-state index in [0.717, 1.165) is 12.8 Å². The quantitative estimate of drug-likeness (QED) is 0.582. The number of carbonyl (C=O) groups is 1. The van der Waals surface area contributed by atoms with Crippen molar-refractivity contribution in [3.63, 3.8) is 0 Å². The molecule has 0 aromatic rings. The Hall–Kier alpha value is -0.820. The van der Waals surface area contributed by atoms with Crippen molar-refractivity contribution in [3.8, 4) is 0 Å². The first-order chi connectivity index (χ1) is 7.89. The van der Waals surface area contributed by atoms with E-state index >= 15 is 0 Å². The summed E-state index contributed by atoms with van der Waals surface area (Å²) in [4.78, 5) is 11.2. The van der Waals surface area contributed by atoms with Crippen LogP contribution in [0.15, 0.2) is 0 Å². The summed E-state index contributed by atoms with van der Waals surface area (Å²) in [6.45, 7) is -0.251. The fourth-order valence-electron chi connectivity index (χ4n) is 1.26. The molecule has 0 aromatic carbocycles. The van der Waals surface area contributed by atoms with E-state index in [-0.39, 0.29) is 12.5 Å². The second-order valence-electron chi connectivity index (χ2n) is 4.21. The third-order valence-corrected chi connectivity index (χ3v) is 2.42. The van der Waals surface area contributed by atoms with E-state index in [1.54, 1.807) is 0 Å². The smallest absolute Gasteiger partial charge is 0.382 e. The van der Waals surface area contributed by atoms with Crippen LogP contribution in [0, 0.1) is 0 Å². The molecule has 0 bridgehead atoms. The molecule has 1 amide bonds. The lowest BCUT2D eigenvalue weighted by Gasteiger charge is -2.14. The summed E-state index contributed by atoms with van der Waals surface area (Å²) in [7, 11) is 0. The minimum Gasteiger partial charge on any atom is -0.382 e. The van der Waals surface area contributed by atoms with Crippen LogP contribution >= 0.6 is 0 Å². The molecule has 0 aliphatic heterocycles. The van der Waals surface area contributed by atoms with Crippen molar-refractivity contribution in [3.05, 3.63) is 0 Å². The minimum atomic E-state index is -4.59. The van der Waals surface area contributed by atoms with Gasteiger partial charge < -0.3 is 15.7 Å². The highest BCUT2D eigenvalue weighted by Crippen LogP contribution is 2.19. The van der Waals surface area contributed by atoms with Gasteiger partial charge in [-0.2, -0.15) is 13.2 Å². The molecule has 1 saturated carbocycles. The van der Waals surface area contributed by atoms with Crippen LogP contribution in [0.4, 0.5) is 13.2 Å². The van der Waals surface area contributed by atoms with Crippen molar-refractivity contribution in [2.24, 2.45) is 0 Å². The summed E-state index contributed by atoms with van der Waals surface area (Å²) in [5.41, 5.74) is 0. The van der Waals surface area contributed by atoms with E-state index in [2.05, 4.69) is 10.6 Å². The van der Waals surface area contributed by atoms with Gasteiger partial charge in [0.2, 0.25) is 5.91 Å². The van der Waals surface area contributed by atoms with Crippen molar-refractivity contribution in [2.75, 3.05) is 13.1 Å². The van der Waals surface area contributed by atoms with Crippen LogP contribution in [0.5, 0.6) is 0 Å². The van der Waals surface area contributed by atoms with E-state index in [9.17, 15) is 18.0 Å². The Kier molecular flexibility index (Phi) is 5.20. The Balaban J connectivity index is 1.94. The fourth-order valence-corrected chi connectivity index (χ4v) is 1.26. The normalized spacial score (nSPS) is 17.9. The monoisotopic (exact) mass is 254 g/mol. The summed E-state index contributed by atoms with van der Waals surface area (Å²) in [5, 5.41) is 13.9. The molecule has 1 rings (SSSR count). The number of alkyl halides is 3. The SMILES string of the molecule is O=C(CCCNCC(O)C(F)(F)F)NC1CC1. The minimum absolute atomic E-state index is 0.0642. The van der Waals surface area contributed by atoms with Crippen molar-refractivity contribution >= 4 is 5.91 Å². The summed E-state index contributed by atoms with van der Waals surface area (Å²) in [6.07, 6.45) is -4.14. The molecule has 0 heterocycles. The van der Waals surface area contributed by atoms with Gasteiger partial charge in [0.1, 0.15) is 0 Å². The van der Waals surface area contributed by atoms with Crippen molar-refractivity contribution in [2.45, 2.75) is 44.0 Å². The van der Waals surface area contributed by atoms with Crippen LogP contribution in [0.2, 0.25) is 0 Å². The van der Waals surface area contributed by atoms with Crippen LogP contribution in [-0.4, -0.2) is 42.4 Å². The zero-order valence-corrected chi connectivity index (χ0v) is 9.39. The van der Waals surface area contributed by atoms with Gasteiger partial charge in [0, 0.05) is 19.0 Å². The number of aliphatic hydroxyl groups excluding tert-OH is 1. The molecule has 100 valence electrons. The highest BCUT2D eigenvalue weighted by molar-refractivity contribution is 5.76. The molecule has 17 heavy (non-hydrogen) atoms. The largest absolute Gasteiger partial charge is 0.415 e. The van der Waals surface area contributed by atoms with Gasteiger partial charge in [-0.15, -0.1) is 0 Å². The van der Waals surface area contributed by atoms with Crippen molar-refractivity contribution in [1.29, 1.82) is 0 Å². The average molecular weight is 254 g/mol. The van der Waals surface area contributed by atoms with Crippen molar-refractivity contribution < 1.29 is 23.1 Å². The number of halogens is 3. The third kappa shape index (κ3) is 6.48. The molecule has 1 atom stereocenters. The van der Waals surface area contributed by atoms with Gasteiger partial charge in [0.15, 0.2) is 6.10 Å². The summed E-state index contributed by atoms with van der Waals surface area (Å²) in [5.74, 6) is -0.0642. The number of hydrogen-bond donors (Lipinski definition) is 3. The first-order valence-electron chi connectivity index (χ1n) is 5.64. The Morgan fingerprint density at radius 2 is 2.06 bits per heavy atom. The zero-order chi connectivity index (χ0) is 12.9. The van der Waals surface area contributed by atoms with Crippen molar-refractivity contribution in [1.82, 2.24) is 10.6 Å². The predicted molar refractivity (Wildman–Crippen MR) is 55.3 cm³/mol. The van der Waals surface area contributed by atoms with E-state index in [1.165, 1.54) is 0 Å².